The van der Waals surface area contributed by atoms with Gasteiger partial charge in [0.05, 0.1) is 6.61 Å². The molecule has 16 heavy (non-hydrogen) atoms. The average molecular weight is 227 g/mol. The van der Waals surface area contributed by atoms with Crippen LogP contribution in [0.25, 0.3) is 0 Å². The molecule has 4 heteroatoms. The van der Waals surface area contributed by atoms with Gasteiger partial charge in [-0.25, -0.2) is 0 Å². The van der Waals surface area contributed by atoms with Crippen LogP contribution >= 0.6 is 0 Å². The Bertz CT molecular complexity index is 259. The standard InChI is InChI=1S/C12H21NO3/c1-4-16-11(14)8-13(9(2)3)12(15)10-6-5-7-10/h9-10H,4-8H2,1-3H3. The van der Waals surface area contributed by atoms with Crippen molar-refractivity contribution in [1.29, 1.82) is 0 Å². The fourth-order valence-corrected chi connectivity index (χ4v) is 1.75. The van der Waals surface area contributed by atoms with Crippen LogP contribution in [0.3, 0.4) is 0 Å². The van der Waals surface area contributed by atoms with Gasteiger partial charge in [0.25, 0.3) is 0 Å². The molecule has 1 rings (SSSR count). The largest absolute Gasteiger partial charge is 0.465 e. The van der Waals surface area contributed by atoms with Gasteiger partial charge >= 0.3 is 5.97 Å². The topological polar surface area (TPSA) is 46.6 Å². The van der Waals surface area contributed by atoms with E-state index in [2.05, 4.69) is 0 Å². The third-order valence-corrected chi connectivity index (χ3v) is 2.97. The fourth-order valence-electron chi connectivity index (χ4n) is 1.75. The smallest absolute Gasteiger partial charge is 0.325 e. The van der Waals surface area contributed by atoms with E-state index in [1.54, 1.807) is 11.8 Å². The van der Waals surface area contributed by atoms with Gasteiger partial charge in [0, 0.05) is 12.0 Å². The SMILES string of the molecule is CCOC(=O)CN(C(=O)C1CCC1)C(C)C. The van der Waals surface area contributed by atoms with Crippen molar-refractivity contribution >= 4 is 11.9 Å². The normalized spacial score (nSPS) is 15.8. The molecule has 4 nitrogen and oxygen atoms in total. The van der Waals surface area contributed by atoms with Crippen LogP contribution < -0.4 is 0 Å². The van der Waals surface area contributed by atoms with Crippen molar-refractivity contribution in [3.05, 3.63) is 0 Å². The predicted molar refractivity (Wildman–Crippen MR) is 60.8 cm³/mol. The minimum absolute atomic E-state index is 0.0532. The molecule has 92 valence electrons. The zero-order valence-corrected chi connectivity index (χ0v) is 10.4. The Morgan fingerprint density at radius 2 is 2.00 bits per heavy atom. The highest BCUT2D eigenvalue weighted by molar-refractivity contribution is 5.84. The molecule has 1 saturated carbocycles. The summed E-state index contributed by atoms with van der Waals surface area (Å²) in [6.07, 6.45) is 3.05. The lowest BCUT2D eigenvalue weighted by Gasteiger charge is -2.33. The Kier molecular flexibility index (Phi) is 4.77. The number of carbonyl (C=O) groups is 2. The molecule has 0 N–H and O–H groups in total. The number of esters is 1. The van der Waals surface area contributed by atoms with E-state index >= 15 is 0 Å². The Morgan fingerprint density at radius 3 is 2.38 bits per heavy atom. The summed E-state index contributed by atoms with van der Waals surface area (Å²) >= 11 is 0. The molecule has 0 saturated heterocycles. The number of hydrogen-bond acceptors (Lipinski definition) is 3. The highest BCUT2D eigenvalue weighted by Crippen LogP contribution is 2.28. The first-order valence-corrected chi connectivity index (χ1v) is 6.02. The van der Waals surface area contributed by atoms with Gasteiger partial charge in [-0.2, -0.15) is 0 Å². The van der Waals surface area contributed by atoms with Crippen molar-refractivity contribution in [1.82, 2.24) is 4.90 Å². The number of ether oxygens (including phenoxy) is 1. The Hall–Kier alpha value is -1.06. The van der Waals surface area contributed by atoms with Crippen molar-refractivity contribution in [2.24, 2.45) is 5.92 Å². The monoisotopic (exact) mass is 227 g/mol. The third kappa shape index (κ3) is 3.22. The average Bonchev–Trinajstić information content (AvgIpc) is 2.11. The van der Waals surface area contributed by atoms with Crippen LogP contribution in [0, 0.1) is 5.92 Å². The number of nitrogens with zero attached hydrogens (tertiary/aromatic N) is 1. The first-order chi connectivity index (χ1) is 7.56. The van der Waals surface area contributed by atoms with Crippen LogP contribution in [0.2, 0.25) is 0 Å². The minimum Gasteiger partial charge on any atom is -0.465 e. The second-order valence-corrected chi connectivity index (χ2v) is 4.49. The highest BCUT2D eigenvalue weighted by Gasteiger charge is 2.31. The molecule has 1 aliphatic rings. The maximum atomic E-state index is 12.0. The molecular formula is C12H21NO3. The summed E-state index contributed by atoms with van der Waals surface area (Å²) in [6, 6.07) is 0.0532. The van der Waals surface area contributed by atoms with Crippen LogP contribution in [0.4, 0.5) is 0 Å². The molecule has 1 amide bonds. The molecule has 0 aliphatic heterocycles. The van der Waals surface area contributed by atoms with Gasteiger partial charge in [-0.05, 0) is 33.6 Å². The maximum absolute atomic E-state index is 12.0. The van der Waals surface area contributed by atoms with E-state index in [1.165, 1.54) is 0 Å². The minimum atomic E-state index is -0.316. The van der Waals surface area contributed by atoms with Gasteiger partial charge in [-0.3, -0.25) is 9.59 Å². The predicted octanol–water partition coefficient (Wildman–Crippen LogP) is 1.59. The molecule has 0 radical (unpaired) electrons. The summed E-state index contributed by atoms with van der Waals surface area (Å²) < 4.78 is 4.87. The molecule has 0 heterocycles. The summed E-state index contributed by atoms with van der Waals surface area (Å²) in [5.74, 6) is -0.0741. The van der Waals surface area contributed by atoms with E-state index in [-0.39, 0.29) is 30.4 Å². The van der Waals surface area contributed by atoms with Crippen LogP contribution in [0.1, 0.15) is 40.0 Å². The first kappa shape index (κ1) is 13.0. The molecule has 0 atom stereocenters. The van der Waals surface area contributed by atoms with Crippen LogP contribution in [-0.2, 0) is 14.3 Å². The summed E-state index contributed by atoms with van der Waals surface area (Å²) in [7, 11) is 0. The lowest BCUT2D eigenvalue weighted by molar-refractivity contribution is -0.152. The first-order valence-electron chi connectivity index (χ1n) is 6.02. The van der Waals surface area contributed by atoms with E-state index < -0.39 is 0 Å². The summed E-state index contributed by atoms with van der Waals surface area (Å²) in [5, 5.41) is 0. The maximum Gasteiger partial charge on any atom is 0.325 e. The molecule has 0 aromatic heterocycles. The van der Waals surface area contributed by atoms with Gasteiger partial charge in [-0.1, -0.05) is 6.42 Å². The molecule has 0 unspecified atom stereocenters. The Morgan fingerprint density at radius 1 is 1.38 bits per heavy atom. The van der Waals surface area contributed by atoms with Crippen molar-refractivity contribution in [2.75, 3.05) is 13.2 Å². The van der Waals surface area contributed by atoms with E-state index in [4.69, 9.17) is 4.74 Å². The van der Waals surface area contributed by atoms with Gasteiger partial charge in [0.2, 0.25) is 5.91 Å². The van der Waals surface area contributed by atoms with Crippen molar-refractivity contribution in [3.63, 3.8) is 0 Å². The molecule has 0 aromatic carbocycles. The van der Waals surface area contributed by atoms with Gasteiger partial charge in [-0.15, -0.1) is 0 Å². The lowest BCUT2D eigenvalue weighted by Crippen LogP contribution is -2.45. The molecule has 0 spiro atoms. The highest BCUT2D eigenvalue weighted by atomic mass is 16.5. The second-order valence-electron chi connectivity index (χ2n) is 4.49. The summed E-state index contributed by atoms with van der Waals surface area (Å²) in [4.78, 5) is 25.0. The zero-order valence-electron chi connectivity index (χ0n) is 10.4. The van der Waals surface area contributed by atoms with Crippen LogP contribution in [0.5, 0.6) is 0 Å². The lowest BCUT2D eigenvalue weighted by atomic mass is 9.84. The molecule has 1 fully saturated rings. The number of rotatable bonds is 5. The van der Waals surface area contributed by atoms with E-state index in [1.807, 2.05) is 13.8 Å². The molecule has 1 aliphatic carbocycles. The Labute approximate surface area is 96.9 Å². The summed E-state index contributed by atoms with van der Waals surface area (Å²) in [5.41, 5.74) is 0. The third-order valence-electron chi connectivity index (χ3n) is 2.97. The summed E-state index contributed by atoms with van der Waals surface area (Å²) in [6.45, 7) is 6.07. The van der Waals surface area contributed by atoms with Gasteiger partial charge in [0.1, 0.15) is 6.54 Å². The van der Waals surface area contributed by atoms with E-state index in [9.17, 15) is 9.59 Å². The van der Waals surface area contributed by atoms with Crippen LogP contribution in [-0.4, -0.2) is 36.0 Å². The quantitative estimate of drug-likeness (QED) is 0.670. The van der Waals surface area contributed by atoms with Crippen molar-refractivity contribution in [2.45, 2.75) is 46.1 Å². The van der Waals surface area contributed by atoms with Crippen LogP contribution in [0.15, 0.2) is 0 Å². The molecule has 0 bridgehead atoms. The zero-order chi connectivity index (χ0) is 12.1. The number of hydrogen-bond donors (Lipinski definition) is 0. The van der Waals surface area contributed by atoms with E-state index in [0.717, 1.165) is 19.3 Å². The van der Waals surface area contributed by atoms with E-state index in [0.29, 0.717) is 6.61 Å². The second kappa shape index (κ2) is 5.87. The number of carbonyl (C=O) groups excluding carboxylic acids is 2. The fraction of sp³-hybridized carbons (Fsp3) is 0.833. The Balaban J connectivity index is 2.52. The van der Waals surface area contributed by atoms with Crippen molar-refractivity contribution < 1.29 is 14.3 Å². The molecular weight excluding hydrogens is 206 g/mol. The van der Waals surface area contributed by atoms with Crippen molar-refractivity contribution in [3.8, 4) is 0 Å². The number of amides is 1. The van der Waals surface area contributed by atoms with Gasteiger partial charge < -0.3 is 9.64 Å². The molecule has 0 aromatic rings. The van der Waals surface area contributed by atoms with Gasteiger partial charge in [0.15, 0.2) is 0 Å².